The van der Waals surface area contributed by atoms with Gasteiger partial charge >= 0.3 is 0 Å². The molecule has 0 bridgehead atoms. The Kier molecular flexibility index (Phi) is 3.52. The number of fused-ring (bicyclic) bond motifs is 1. The van der Waals surface area contributed by atoms with Gasteiger partial charge in [0.2, 0.25) is 5.91 Å². The number of nitrogens with one attached hydrogen (secondary N) is 1. The maximum atomic E-state index is 11.6. The molecule has 1 aliphatic rings. The van der Waals surface area contributed by atoms with Crippen molar-refractivity contribution in [3.8, 4) is 5.75 Å². The first kappa shape index (κ1) is 13.5. The predicted octanol–water partition coefficient (Wildman–Crippen LogP) is 3.35. The molecule has 0 saturated heterocycles. The molecule has 21 heavy (non-hydrogen) atoms. The zero-order chi connectivity index (χ0) is 14.8. The second kappa shape index (κ2) is 5.48. The van der Waals surface area contributed by atoms with Gasteiger partial charge in [0.15, 0.2) is 0 Å². The highest BCUT2D eigenvalue weighted by Crippen LogP contribution is 2.33. The average Bonchev–Trinajstić information content (AvgIpc) is 2.91. The van der Waals surface area contributed by atoms with Crippen molar-refractivity contribution in [3.05, 3.63) is 48.0 Å². The van der Waals surface area contributed by atoms with Gasteiger partial charge in [-0.3, -0.25) is 4.79 Å². The van der Waals surface area contributed by atoms with Gasteiger partial charge < -0.3 is 15.0 Å². The van der Waals surface area contributed by atoms with Crippen LogP contribution in [0.25, 0.3) is 0 Å². The predicted molar refractivity (Wildman–Crippen MR) is 84.4 cm³/mol. The summed E-state index contributed by atoms with van der Waals surface area (Å²) in [6.07, 6.45) is 0.899. The van der Waals surface area contributed by atoms with E-state index in [2.05, 4.69) is 11.4 Å². The van der Waals surface area contributed by atoms with Crippen LogP contribution in [-0.2, 0) is 11.2 Å². The van der Waals surface area contributed by atoms with Crippen molar-refractivity contribution < 1.29 is 9.53 Å². The number of hydrogen-bond acceptors (Lipinski definition) is 3. The molecular weight excluding hydrogens is 264 g/mol. The Hall–Kier alpha value is -2.49. The van der Waals surface area contributed by atoms with E-state index in [0.29, 0.717) is 0 Å². The van der Waals surface area contributed by atoms with Crippen molar-refractivity contribution in [2.24, 2.45) is 0 Å². The van der Waals surface area contributed by atoms with Gasteiger partial charge in [-0.1, -0.05) is 12.1 Å². The molecule has 0 saturated carbocycles. The van der Waals surface area contributed by atoms with E-state index >= 15 is 0 Å². The minimum absolute atomic E-state index is 0.0965. The third kappa shape index (κ3) is 2.57. The second-order valence-corrected chi connectivity index (χ2v) is 5.09. The van der Waals surface area contributed by atoms with E-state index in [1.165, 1.54) is 5.56 Å². The first-order valence-corrected chi connectivity index (χ1v) is 7.00. The number of para-hydroxylation sites is 2. The van der Waals surface area contributed by atoms with E-state index in [9.17, 15) is 4.79 Å². The molecule has 3 rings (SSSR count). The third-order valence-corrected chi connectivity index (χ3v) is 3.74. The Balaban J connectivity index is 1.87. The highest BCUT2D eigenvalue weighted by Gasteiger charge is 2.22. The highest BCUT2D eigenvalue weighted by molar-refractivity contribution is 5.94. The molecule has 4 heteroatoms. The van der Waals surface area contributed by atoms with Crippen LogP contribution in [0.5, 0.6) is 5.75 Å². The van der Waals surface area contributed by atoms with Gasteiger partial charge in [0.1, 0.15) is 5.75 Å². The number of benzene rings is 2. The largest absolute Gasteiger partial charge is 0.495 e. The van der Waals surface area contributed by atoms with Gasteiger partial charge in [-0.2, -0.15) is 0 Å². The summed E-state index contributed by atoms with van der Waals surface area (Å²) in [5, 5.41) is 3.37. The van der Waals surface area contributed by atoms with E-state index < -0.39 is 0 Å². The van der Waals surface area contributed by atoms with Crippen LogP contribution in [0.3, 0.4) is 0 Å². The molecule has 1 aliphatic heterocycles. The lowest BCUT2D eigenvalue weighted by atomic mass is 10.1. The molecule has 1 heterocycles. The van der Waals surface area contributed by atoms with Crippen molar-refractivity contribution in [1.29, 1.82) is 0 Å². The summed E-state index contributed by atoms with van der Waals surface area (Å²) in [5.74, 6) is 0.905. The molecule has 4 nitrogen and oxygen atoms in total. The number of carbonyl (C=O) groups is 1. The maximum Gasteiger partial charge on any atom is 0.223 e. The Morgan fingerprint density at radius 1 is 1.24 bits per heavy atom. The molecule has 0 fully saturated rings. The number of methoxy groups -OCH3 is 1. The van der Waals surface area contributed by atoms with E-state index in [4.69, 9.17) is 4.74 Å². The van der Waals surface area contributed by atoms with Crippen LogP contribution in [0, 0.1) is 0 Å². The normalized spacial score (nSPS) is 13.0. The molecule has 2 aromatic carbocycles. The molecule has 0 atom stereocenters. The molecule has 0 spiro atoms. The summed E-state index contributed by atoms with van der Waals surface area (Å²) in [7, 11) is 1.66. The minimum Gasteiger partial charge on any atom is -0.495 e. The van der Waals surface area contributed by atoms with Crippen molar-refractivity contribution >= 4 is 23.0 Å². The van der Waals surface area contributed by atoms with Crippen LogP contribution in [0.15, 0.2) is 42.5 Å². The number of rotatable bonds is 3. The fourth-order valence-corrected chi connectivity index (χ4v) is 2.71. The Labute approximate surface area is 124 Å². The Morgan fingerprint density at radius 3 is 2.81 bits per heavy atom. The molecule has 2 aromatic rings. The van der Waals surface area contributed by atoms with Gasteiger partial charge in [0, 0.05) is 24.8 Å². The highest BCUT2D eigenvalue weighted by atomic mass is 16.5. The van der Waals surface area contributed by atoms with E-state index in [-0.39, 0.29) is 5.91 Å². The molecule has 0 aliphatic carbocycles. The fraction of sp³-hybridized carbons (Fsp3) is 0.235. The Morgan fingerprint density at radius 2 is 2.05 bits per heavy atom. The molecule has 0 unspecified atom stereocenters. The zero-order valence-corrected chi connectivity index (χ0v) is 12.2. The minimum atomic E-state index is 0.0965. The third-order valence-electron chi connectivity index (χ3n) is 3.74. The van der Waals surface area contributed by atoms with Crippen LogP contribution >= 0.6 is 0 Å². The molecule has 108 valence electrons. The summed E-state index contributed by atoms with van der Waals surface area (Å²) >= 11 is 0. The molecular formula is C17H18N2O2. The van der Waals surface area contributed by atoms with E-state index in [1.807, 2.05) is 41.3 Å². The van der Waals surface area contributed by atoms with E-state index in [1.54, 1.807) is 14.0 Å². The summed E-state index contributed by atoms with van der Waals surface area (Å²) in [6, 6.07) is 13.9. The lowest BCUT2D eigenvalue weighted by Crippen LogP contribution is -2.25. The lowest BCUT2D eigenvalue weighted by molar-refractivity contribution is -0.116. The first-order chi connectivity index (χ1) is 10.2. The SMILES string of the molecule is COc1ccccc1Nc1ccc2c(c1)CCN2C(C)=O. The number of anilines is 3. The second-order valence-electron chi connectivity index (χ2n) is 5.09. The van der Waals surface area contributed by atoms with Crippen LogP contribution in [0.2, 0.25) is 0 Å². The average molecular weight is 282 g/mol. The fourth-order valence-electron chi connectivity index (χ4n) is 2.71. The molecule has 0 aromatic heterocycles. The number of nitrogens with zero attached hydrogens (tertiary/aromatic N) is 1. The number of amides is 1. The van der Waals surface area contributed by atoms with Crippen molar-refractivity contribution in [2.75, 3.05) is 23.9 Å². The van der Waals surface area contributed by atoms with Gasteiger partial charge in [-0.25, -0.2) is 0 Å². The monoisotopic (exact) mass is 282 g/mol. The molecule has 1 amide bonds. The lowest BCUT2D eigenvalue weighted by Gasteiger charge is -2.16. The molecule has 1 N–H and O–H groups in total. The summed E-state index contributed by atoms with van der Waals surface area (Å²) in [6.45, 7) is 2.37. The number of ether oxygens (including phenoxy) is 1. The Bertz CT molecular complexity index is 682. The summed E-state index contributed by atoms with van der Waals surface area (Å²) in [5.41, 5.74) is 4.16. The van der Waals surface area contributed by atoms with Crippen LogP contribution in [0.1, 0.15) is 12.5 Å². The summed E-state index contributed by atoms with van der Waals surface area (Å²) in [4.78, 5) is 13.4. The van der Waals surface area contributed by atoms with Crippen molar-refractivity contribution in [2.45, 2.75) is 13.3 Å². The van der Waals surface area contributed by atoms with Gasteiger partial charge in [0.05, 0.1) is 12.8 Å². The number of carbonyl (C=O) groups excluding carboxylic acids is 1. The summed E-state index contributed by atoms with van der Waals surface area (Å²) < 4.78 is 5.34. The smallest absolute Gasteiger partial charge is 0.223 e. The zero-order valence-electron chi connectivity index (χ0n) is 12.2. The van der Waals surface area contributed by atoms with Gasteiger partial charge in [0.25, 0.3) is 0 Å². The quantitative estimate of drug-likeness (QED) is 0.938. The maximum absolute atomic E-state index is 11.6. The molecule has 0 radical (unpaired) electrons. The van der Waals surface area contributed by atoms with Crippen LogP contribution in [-0.4, -0.2) is 19.6 Å². The van der Waals surface area contributed by atoms with Crippen molar-refractivity contribution in [3.63, 3.8) is 0 Å². The van der Waals surface area contributed by atoms with Crippen LogP contribution < -0.4 is 15.0 Å². The van der Waals surface area contributed by atoms with Gasteiger partial charge in [-0.15, -0.1) is 0 Å². The van der Waals surface area contributed by atoms with Crippen molar-refractivity contribution in [1.82, 2.24) is 0 Å². The van der Waals surface area contributed by atoms with E-state index in [0.717, 1.165) is 35.8 Å². The topological polar surface area (TPSA) is 41.6 Å². The standard InChI is InChI=1S/C17H18N2O2/c1-12(20)19-10-9-13-11-14(7-8-16(13)19)18-15-5-3-4-6-17(15)21-2/h3-8,11,18H,9-10H2,1-2H3. The van der Waals surface area contributed by atoms with Gasteiger partial charge in [-0.05, 0) is 42.3 Å². The first-order valence-electron chi connectivity index (χ1n) is 7.00. The van der Waals surface area contributed by atoms with Crippen LogP contribution in [0.4, 0.5) is 17.1 Å². The number of hydrogen-bond donors (Lipinski definition) is 1.